The van der Waals surface area contributed by atoms with Gasteiger partial charge in [0, 0.05) is 5.54 Å². The molecule has 0 aliphatic heterocycles. The second-order valence-corrected chi connectivity index (χ2v) is 6.89. The number of hydrogen-bond acceptors (Lipinski definition) is 0. The fourth-order valence-electron chi connectivity index (χ4n) is 3.12. The van der Waals surface area contributed by atoms with Crippen molar-refractivity contribution in [2.45, 2.75) is 11.6 Å². The molecule has 0 saturated carbocycles. The van der Waals surface area contributed by atoms with Gasteiger partial charge in [0.1, 0.15) is 0 Å². The van der Waals surface area contributed by atoms with Crippen LogP contribution in [0.3, 0.4) is 0 Å². The Bertz CT molecular complexity index is 888. The average molecular weight is 284 g/mol. The van der Waals surface area contributed by atoms with E-state index in [4.69, 9.17) is 0 Å². The van der Waals surface area contributed by atoms with Crippen LogP contribution in [0.5, 0.6) is 0 Å². The van der Waals surface area contributed by atoms with E-state index < -0.39 is 0 Å². The van der Waals surface area contributed by atoms with Gasteiger partial charge in [-0.15, -0.1) is 6.58 Å². The number of fused-ring (bicyclic) bond motifs is 2. The van der Waals surface area contributed by atoms with Crippen molar-refractivity contribution >= 4 is 33.8 Å². The summed E-state index contributed by atoms with van der Waals surface area (Å²) in [6, 6.07) is 14.5. The van der Waals surface area contributed by atoms with Crippen LogP contribution in [0.4, 0.5) is 0 Å². The first kappa shape index (κ1) is 12.6. The zero-order valence-electron chi connectivity index (χ0n) is 11.8. The van der Waals surface area contributed by atoms with Gasteiger partial charge in [0.2, 0.25) is 0 Å². The Kier molecular flexibility index (Phi) is 3.01. The fraction of sp³-hybridized carbons (Fsp3) is 0.100. The molecule has 0 amide bonds. The van der Waals surface area contributed by atoms with Crippen LogP contribution in [0.25, 0.3) is 24.3 Å². The second-order valence-electron chi connectivity index (χ2n) is 5.50. The highest BCUT2D eigenvalue weighted by molar-refractivity contribution is 6.39. The first-order chi connectivity index (χ1) is 10.4. The molecule has 2 aromatic rings. The van der Waals surface area contributed by atoms with Crippen LogP contribution in [-0.4, -0.2) is 9.52 Å². The molecule has 4 rings (SSSR count). The van der Waals surface area contributed by atoms with E-state index in [0.29, 0.717) is 5.54 Å². The molecule has 21 heavy (non-hydrogen) atoms. The maximum absolute atomic E-state index is 3.91. The maximum Gasteiger partial charge on any atom is 0.0576 e. The van der Waals surface area contributed by atoms with Crippen molar-refractivity contribution in [1.29, 1.82) is 0 Å². The number of benzene rings is 2. The zero-order chi connectivity index (χ0) is 14.2. The second kappa shape index (κ2) is 5.01. The molecule has 0 unspecified atom stereocenters. The van der Waals surface area contributed by atoms with Crippen molar-refractivity contribution in [2.75, 3.05) is 0 Å². The van der Waals surface area contributed by atoms with Crippen molar-refractivity contribution in [3.63, 3.8) is 0 Å². The molecule has 2 aliphatic carbocycles. The highest BCUT2D eigenvalue weighted by atomic mass is 28.2. The van der Waals surface area contributed by atoms with E-state index in [9.17, 15) is 0 Å². The predicted octanol–water partition coefficient (Wildman–Crippen LogP) is 1.23. The van der Waals surface area contributed by atoms with Gasteiger partial charge in [0.15, 0.2) is 0 Å². The molecule has 2 aromatic carbocycles. The van der Waals surface area contributed by atoms with Crippen molar-refractivity contribution in [3.05, 3.63) is 81.1 Å². The minimum absolute atomic E-state index is 0.489. The summed E-state index contributed by atoms with van der Waals surface area (Å²) < 4.78 is 0. The Balaban J connectivity index is 1.88. The molecular weight excluding hydrogens is 268 g/mol. The summed E-state index contributed by atoms with van der Waals surface area (Å²) in [6.07, 6.45) is 11.0. The van der Waals surface area contributed by atoms with Gasteiger partial charge in [-0.25, -0.2) is 0 Å². The first-order valence-electron chi connectivity index (χ1n) is 7.35. The summed E-state index contributed by atoms with van der Waals surface area (Å²) in [5.74, 6) is 0. The highest BCUT2D eigenvalue weighted by Gasteiger charge is 2.19. The molecule has 0 heterocycles. The average Bonchev–Trinajstić information content (AvgIpc) is 2.42. The fourth-order valence-corrected chi connectivity index (χ4v) is 4.47. The molecule has 0 atom stereocenters. The monoisotopic (exact) mass is 284 g/mol. The summed E-state index contributed by atoms with van der Waals surface area (Å²) in [5.41, 5.74) is 3.44. The van der Waals surface area contributed by atoms with Crippen LogP contribution in [-0.2, 0) is 0 Å². The van der Waals surface area contributed by atoms with Crippen LogP contribution < -0.4 is 20.9 Å². The normalized spacial score (nSPS) is 13.4. The smallest absolute Gasteiger partial charge is 0.0576 e. The van der Waals surface area contributed by atoms with Crippen LogP contribution in [0, 0.1) is 0 Å². The Morgan fingerprint density at radius 2 is 1.43 bits per heavy atom. The minimum Gasteiger partial charge on any atom is -0.103 e. The third kappa shape index (κ3) is 1.97. The lowest BCUT2D eigenvalue weighted by molar-refractivity contribution is 1.07. The number of allylic oxidation sites excluding steroid dienone is 1. The van der Waals surface area contributed by atoms with Crippen molar-refractivity contribution < 1.29 is 0 Å². The first-order valence-corrected chi connectivity index (χ1v) is 8.63. The molecule has 0 nitrogen and oxygen atoms in total. The Morgan fingerprint density at radius 1 is 0.857 bits per heavy atom. The van der Waals surface area contributed by atoms with Crippen molar-refractivity contribution in [2.24, 2.45) is 0 Å². The molecule has 0 aromatic heterocycles. The maximum atomic E-state index is 3.91. The van der Waals surface area contributed by atoms with E-state index in [1.165, 1.54) is 32.0 Å². The molecular formula is C20H16Si. The molecule has 0 fully saturated rings. The van der Waals surface area contributed by atoms with E-state index in [2.05, 4.69) is 67.3 Å². The zero-order valence-corrected chi connectivity index (χ0v) is 12.8. The van der Waals surface area contributed by atoms with E-state index in [0.717, 1.165) is 15.6 Å². The quantitative estimate of drug-likeness (QED) is 0.572. The molecule has 1 heteroatoms. The third-order valence-corrected chi connectivity index (χ3v) is 5.85. The minimum atomic E-state index is 0.489. The molecule has 2 aliphatic rings. The largest absolute Gasteiger partial charge is 0.103 e. The third-order valence-electron chi connectivity index (χ3n) is 4.29. The van der Waals surface area contributed by atoms with Crippen LogP contribution in [0.1, 0.15) is 16.7 Å². The Hall–Kier alpha value is -2.12. The van der Waals surface area contributed by atoms with E-state index in [-0.39, 0.29) is 0 Å². The van der Waals surface area contributed by atoms with Crippen molar-refractivity contribution in [3.8, 4) is 0 Å². The van der Waals surface area contributed by atoms with Gasteiger partial charge in [0.25, 0.3) is 0 Å². The van der Waals surface area contributed by atoms with Crippen molar-refractivity contribution in [1.82, 2.24) is 0 Å². The molecule has 0 saturated heterocycles. The lowest BCUT2D eigenvalue weighted by Gasteiger charge is -2.21. The molecule has 100 valence electrons. The summed E-state index contributed by atoms with van der Waals surface area (Å²) in [4.78, 5) is 0. The highest BCUT2D eigenvalue weighted by Crippen LogP contribution is 2.20. The van der Waals surface area contributed by atoms with Crippen LogP contribution >= 0.6 is 0 Å². The van der Waals surface area contributed by atoms with Gasteiger partial charge >= 0.3 is 0 Å². The lowest BCUT2D eigenvalue weighted by atomic mass is 9.93. The summed E-state index contributed by atoms with van der Waals surface area (Å²) in [7, 11) is 0.846. The van der Waals surface area contributed by atoms with Gasteiger partial charge in [-0.3, -0.25) is 0 Å². The van der Waals surface area contributed by atoms with E-state index in [1.807, 2.05) is 6.08 Å². The summed E-state index contributed by atoms with van der Waals surface area (Å²) in [6.45, 7) is 3.91. The number of hydrogen-bond donors (Lipinski definition) is 0. The van der Waals surface area contributed by atoms with Gasteiger partial charge in [0.05, 0.1) is 9.52 Å². The van der Waals surface area contributed by atoms with E-state index in [1.54, 1.807) is 0 Å². The summed E-state index contributed by atoms with van der Waals surface area (Å²) >= 11 is 0. The number of rotatable bonds is 5. The topological polar surface area (TPSA) is 0 Å². The van der Waals surface area contributed by atoms with Gasteiger partial charge in [-0.05, 0) is 38.0 Å². The SMILES string of the molecule is C=CC[Si]C(c1cccc2c1=CC=2)c1cccc2c1=CC=2. The standard InChI is InChI=1S/C20H16Si/c1-2-13-21-20(18-7-3-5-14-9-11-16(14)18)19-8-4-6-15-10-12-17(15)19/h2-12,20H,1,13H2. The van der Waals surface area contributed by atoms with Gasteiger partial charge < -0.3 is 0 Å². The molecule has 0 N–H and O–H groups in total. The predicted molar refractivity (Wildman–Crippen MR) is 91.8 cm³/mol. The lowest BCUT2D eigenvalue weighted by Crippen LogP contribution is -2.40. The molecule has 2 radical (unpaired) electrons. The summed E-state index contributed by atoms with van der Waals surface area (Å²) in [5, 5.41) is 5.62. The molecule has 0 spiro atoms. The Morgan fingerprint density at radius 3 is 1.86 bits per heavy atom. The van der Waals surface area contributed by atoms with Gasteiger partial charge in [-0.1, -0.05) is 66.8 Å². The van der Waals surface area contributed by atoms with Gasteiger partial charge in [-0.2, -0.15) is 0 Å². The van der Waals surface area contributed by atoms with Crippen LogP contribution in [0.15, 0.2) is 49.1 Å². The van der Waals surface area contributed by atoms with Crippen LogP contribution in [0.2, 0.25) is 6.04 Å². The Labute approximate surface area is 127 Å². The molecule has 0 bridgehead atoms. The van der Waals surface area contributed by atoms with E-state index >= 15 is 0 Å².